The maximum Gasteiger partial charge on any atom is 0.276 e. The zero-order valence-corrected chi connectivity index (χ0v) is 21.1. The number of carbonyl (C=O) groups is 2. The first-order valence-corrected chi connectivity index (χ1v) is 12.8. The highest BCUT2D eigenvalue weighted by Gasteiger charge is 2.40. The molecule has 194 valence electrons. The number of nitrogens with one attached hydrogen (secondary N) is 2. The van der Waals surface area contributed by atoms with Crippen LogP contribution in [0.3, 0.4) is 0 Å². The molecule has 0 unspecified atom stereocenters. The first kappa shape index (κ1) is 24.2. The molecular formula is C26H23FN6O4S. The van der Waals surface area contributed by atoms with Gasteiger partial charge >= 0.3 is 0 Å². The van der Waals surface area contributed by atoms with E-state index in [1.807, 2.05) is 29.3 Å². The van der Waals surface area contributed by atoms with E-state index in [-0.39, 0.29) is 16.7 Å². The quantitative estimate of drug-likeness (QED) is 0.415. The van der Waals surface area contributed by atoms with E-state index in [4.69, 9.17) is 4.74 Å². The van der Waals surface area contributed by atoms with Crippen LogP contribution in [0.1, 0.15) is 27.7 Å². The van der Waals surface area contributed by atoms with Gasteiger partial charge in [0.05, 0.1) is 47.8 Å². The Labute approximate surface area is 220 Å². The highest BCUT2D eigenvalue weighted by molar-refractivity contribution is 7.22. The van der Waals surface area contributed by atoms with Crippen LogP contribution in [0.15, 0.2) is 59.4 Å². The molecule has 1 saturated heterocycles. The molecule has 12 heteroatoms. The first-order valence-electron chi connectivity index (χ1n) is 12.0. The van der Waals surface area contributed by atoms with Crippen LogP contribution in [0.2, 0.25) is 0 Å². The molecule has 2 aliphatic heterocycles. The second-order valence-electron chi connectivity index (χ2n) is 8.94. The average Bonchev–Trinajstić information content (AvgIpc) is 3.34. The molecule has 0 radical (unpaired) electrons. The number of pyridine rings is 1. The van der Waals surface area contributed by atoms with E-state index < -0.39 is 23.7 Å². The summed E-state index contributed by atoms with van der Waals surface area (Å²) in [6, 6.07) is 13.1. The molecular weight excluding hydrogens is 511 g/mol. The summed E-state index contributed by atoms with van der Waals surface area (Å²) < 4.78 is 21.2. The molecule has 2 aromatic heterocycles. The third kappa shape index (κ3) is 4.22. The number of amides is 2. The SMILES string of the molecule is Cc1c2c(cc(=O)n1N1CCOCC1)[C@@H](C(=O)Nc1ccc(F)cc1)NN(c1nc3ccccc3s1)C2=O. The van der Waals surface area contributed by atoms with Gasteiger partial charge in [-0.25, -0.2) is 24.5 Å². The number of aromatic nitrogens is 2. The van der Waals surface area contributed by atoms with Crippen molar-refractivity contribution in [1.82, 2.24) is 15.1 Å². The van der Waals surface area contributed by atoms with E-state index in [1.54, 1.807) is 6.92 Å². The maximum atomic E-state index is 13.9. The van der Waals surface area contributed by atoms with Crippen LogP contribution in [-0.2, 0) is 9.53 Å². The number of rotatable bonds is 4. The van der Waals surface area contributed by atoms with E-state index in [2.05, 4.69) is 15.7 Å². The summed E-state index contributed by atoms with van der Waals surface area (Å²) in [5.74, 6) is -1.38. The Morgan fingerprint density at radius 1 is 1.13 bits per heavy atom. The zero-order chi connectivity index (χ0) is 26.4. The van der Waals surface area contributed by atoms with Gasteiger partial charge < -0.3 is 15.1 Å². The smallest absolute Gasteiger partial charge is 0.276 e. The Balaban J connectivity index is 1.46. The number of para-hydroxylation sites is 1. The average molecular weight is 535 g/mol. The molecule has 1 atom stereocenters. The van der Waals surface area contributed by atoms with Gasteiger partial charge in [-0.05, 0) is 43.3 Å². The molecule has 2 aromatic carbocycles. The number of benzene rings is 2. The number of morpholine rings is 1. The van der Waals surface area contributed by atoms with Crippen LogP contribution in [0.25, 0.3) is 10.2 Å². The number of halogens is 1. The molecule has 2 N–H and O–H groups in total. The molecule has 2 amide bonds. The molecule has 0 spiro atoms. The largest absolute Gasteiger partial charge is 0.378 e. The molecule has 0 bridgehead atoms. The Morgan fingerprint density at radius 3 is 2.61 bits per heavy atom. The van der Waals surface area contributed by atoms with Crippen LogP contribution in [-0.4, -0.2) is 47.8 Å². The second-order valence-corrected chi connectivity index (χ2v) is 9.95. The standard InChI is InChI=1S/C26H23FN6O4S/c1-15-22-18(14-21(34)33(15)31-10-12-37-13-11-31)23(24(35)28-17-8-6-16(27)7-9-17)30-32(25(22)36)26-29-19-4-2-3-5-20(19)38-26/h2-9,14,23,30H,10-13H2,1H3,(H,28,35)/t23-/m0/s1. The lowest BCUT2D eigenvalue weighted by Gasteiger charge is -2.37. The summed E-state index contributed by atoms with van der Waals surface area (Å²) >= 11 is 1.31. The van der Waals surface area contributed by atoms with E-state index in [0.29, 0.717) is 42.8 Å². The van der Waals surface area contributed by atoms with E-state index in [0.717, 1.165) is 10.2 Å². The lowest BCUT2D eigenvalue weighted by Crippen LogP contribution is -2.56. The number of hydrogen-bond acceptors (Lipinski definition) is 8. The van der Waals surface area contributed by atoms with Gasteiger partial charge in [0.1, 0.15) is 11.9 Å². The molecule has 4 heterocycles. The Hall–Kier alpha value is -4.13. The third-order valence-electron chi connectivity index (χ3n) is 6.56. The Morgan fingerprint density at radius 2 is 1.87 bits per heavy atom. The van der Waals surface area contributed by atoms with Crippen molar-refractivity contribution in [1.29, 1.82) is 0 Å². The van der Waals surface area contributed by atoms with E-state index in [9.17, 15) is 18.8 Å². The number of ether oxygens (including phenoxy) is 1. The summed E-state index contributed by atoms with van der Waals surface area (Å²) in [6.45, 7) is 3.59. The number of fused-ring (bicyclic) bond motifs is 2. The topological polar surface area (TPSA) is 109 Å². The molecule has 6 rings (SSSR count). The summed E-state index contributed by atoms with van der Waals surface area (Å²) in [5, 5.41) is 6.22. The number of nitrogens with zero attached hydrogens (tertiary/aromatic N) is 4. The van der Waals surface area contributed by atoms with Crippen LogP contribution in [0, 0.1) is 12.7 Å². The predicted octanol–water partition coefficient (Wildman–Crippen LogP) is 2.72. The third-order valence-corrected chi connectivity index (χ3v) is 7.58. The van der Waals surface area contributed by atoms with Crippen LogP contribution >= 0.6 is 11.3 Å². The fourth-order valence-electron chi connectivity index (χ4n) is 4.77. The number of thiazole rings is 1. The van der Waals surface area contributed by atoms with Crippen molar-refractivity contribution in [2.24, 2.45) is 0 Å². The first-order chi connectivity index (χ1) is 18.4. The Kier molecular flexibility index (Phi) is 6.14. The lowest BCUT2D eigenvalue weighted by molar-refractivity contribution is -0.118. The molecule has 0 aliphatic carbocycles. The number of hydrogen-bond donors (Lipinski definition) is 2. The monoisotopic (exact) mass is 534 g/mol. The van der Waals surface area contributed by atoms with Gasteiger partial charge in [0.15, 0.2) is 0 Å². The van der Waals surface area contributed by atoms with Gasteiger partial charge in [0, 0.05) is 17.3 Å². The van der Waals surface area contributed by atoms with Crippen molar-refractivity contribution >= 4 is 44.2 Å². The molecule has 38 heavy (non-hydrogen) atoms. The summed E-state index contributed by atoms with van der Waals surface area (Å²) in [7, 11) is 0. The van der Waals surface area contributed by atoms with Gasteiger partial charge in [-0.3, -0.25) is 14.4 Å². The molecule has 0 saturated carbocycles. The highest BCUT2D eigenvalue weighted by atomic mass is 32.1. The van der Waals surface area contributed by atoms with Crippen molar-refractivity contribution < 1.29 is 18.7 Å². The van der Waals surface area contributed by atoms with E-state index in [1.165, 1.54) is 51.4 Å². The van der Waals surface area contributed by atoms with Crippen molar-refractivity contribution in [2.75, 3.05) is 41.6 Å². The van der Waals surface area contributed by atoms with Gasteiger partial charge in [0.25, 0.3) is 11.5 Å². The fraction of sp³-hybridized carbons (Fsp3) is 0.231. The molecule has 1 fully saturated rings. The van der Waals surface area contributed by atoms with Gasteiger partial charge in [-0.15, -0.1) is 0 Å². The minimum atomic E-state index is -1.09. The number of anilines is 2. The zero-order valence-electron chi connectivity index (χ0n) is 20.3. The van der Waals surface area contributed by atoms with Crippen molar-refractivity contribution in [2.45, 2.75) is 13.0 Å². The van der Waals surface area contributed by atoms with Crippen LogP contribution in [0.5, 0.6) is 0 Å². The van der Waals surface area contributed by atoms with Crippen molar-refractivity contribution in [3.05, 3.63) is 87.6 Å². The van der Waals surface area contributed by atoms with E-state index >= 15 is 0 Å². The minimum absolute atomic E-state index is 0.244. The van der Waals surface area contributed by atoms with Gasteiger partial charge in [0.2, 0.25) is 11.0 Å². The van der Waals surface area contributed by atoms with Crippen molar-refractivity contribution in [3.8, 4) is 0 Å². The number of hydrazine groups is 1. The van der Waals surface area contributed by atoms with Crippen LogP contribution < -0.4 is 26.3 Å². The molecule has 2 aliphatic rings. The van der Waals surface area contributed by atoms with Gasteiger partial charge in [-0.2, -0.15) is 0 Å². The lowest BCUT2D eigenvalue weighted by atomic mass is 9.96. The van der Waals surface area contributed by atoms with Crippen LogP contribution in [0.4, 0.5) is 15.2 Å². The minimum Gasteiger partial charge on any atom is -0.378 e. The maximum absolute atomic E-state index is 13.9. The summed E-state index contributed by atoms with van der Waals surface area (Å²) in [5.41, 5.74) is 4.65. The second kappa shape index (κ2) is 9.63. The molecule has 4 aromatic rings. The van der Waals surface area contributed by atoms with Gasteiger partial charge in [-0.1, -0.05) is 23.5 Å². The highest BCUT2D eigenvalue weighted by Crippen LogP contribution is 2.34. The predicted molar refractivity (Wildman–Crippen MR) is 142 cm³/mol. The molecule has 10 nitrogen and oxygen atoms in total. The van der Waals surface area contributed by atoms with Crippen molar-refractivity contribution in [3.63, 3.8) is 0 Å². The summed E-state index contributed by atoms with van der Waals surface area (Å²) in [6.07, 6.45) is 0. The fourth-order valence-corrected chi connectivity index (χ4v) is 5.70. The summed E-state index contributed by atoms with van der Waals surface area (Å²) in [4.78, 5) is 45.3. The Bertz CT molecular complexity index is 1580. The number of carbonyl (C=O) groups excluding carboxylic acids is 2. The normalized spacial score (nSPS) is 17.5.